The fourth-order valence-electron chi connectivity index (χ4n) is 4.68. The number of azo groups is 1. The smallest absolute Gasteiger partial charge is 0.337 e. The van der Waals surface area contributed by atoms with Crippen molar-refractivity contribution in [1.82, 2.24) is 0 Å². The molecule has 20 heteroatoms. The Bertz CT molecular complexity index is 2610. The molecule has 6 N–H and O–H groups in total. The Balaban J connectivity index is 1.44. The summed E-state index contributed by atoms with van der Waals surface area (Å²) >= 11 is 0. The monoisotopic (exact) mass is 754 g/mol. The Kier molecular flexibility index (Phi) is 9.83. The molecule has 5 rings (SSSR count). The van der Waals surface area contributed by atoms with E-state index in [-0.39, 0.29) is 22.5 Å². The van der Waals surface area contributed by atoms with Gasteiger partial charge in [-0.3, -0.25) is 23.2 Å². The van der Waals surface area contributed by atoms with E-state index in [0.29, 0.717) is 23.9 Å². The molecule has 0 radical (unpaired) electrons. The molecule has 0 aliphatic carbocycles. The summed E-state index contributed by atoms with van der Waals surface area (Å²) in [5.41, 5.74) is -0.337. The molecule has 0 spiro atoms. The van der Waals surface area contributed by atoms with E-state index in [1.165, 1.54) is 36.4 Å². The molecule has 2 amide bonds. The number of hydrogen-bond acceptors (Lipinski definition) is 11. The van der Waals surface area contributed by atoms with Crippen LogP contribution in [0.25, 0.3) is 10.8 Å². The van der Waals surface area contributed by atoms with E-state index in [1.54, 1.807) is 30.3 Å². The summed E-state index contributed by atoms with van der Waals surface area (Å²) in [5.74, 6) is -2.64. The molecule has 17 nitrogen and oxygen atoms in total. The van der Waals surface area contributed by atoms with Crippen LogP contribution in [-0.2, 0) is 30.4 Å². The van der Waals surface area contributed by atoms with E-state index in [4.69, 9.17) is 0 Å². The molecule has 0 aliphatic heterocycles. The Labute approximate surface area is 288 Å². The second-order valence-electron chi connectivity index (χ2n) is 10.5. The van der Waals surface area contributed by atoms with Gasteiger partial charge in [-0.25, -0.2) is 4.79 Å². The maximum atomic E-state index is 12.9. The van der Waals surface area contributed by atoms with E-state index in [1.807, 2.05) is 0 Å². The molecule has 0 saturated heterocycles. The van der Waals surface area contributed by atoms with E-state index in [9.17, 15) is 58.4 Å². The molecule has 0 fully saturated rings. The quantitative estimate of drug-likeness (QED) is 0.0791. The predicted octanol–water partition coefficient (Wildman–Crippen LogP) is 5.20. The second kappa shape index (κ2) is 13.8. The number of benzene rings is 5. The number of carbonyl (C=O) groups is 3. The lowest BCUT2D eigenvalue weighted by Gasteiger charge is -2.11. The van der Waals surface area contributed by atoms with Crippen molar-refractivity contribution in [3.05, 3.63) is 114 Å². The van der Waals surface area contributed by atoms with Gasteiger partial charge in [0.25, 0.3) is 42.2 Å². The van der Waals surface area contributed by atoms with Crippen molar-refractivity contribution < 1.29 is 58.4 Å². The number of carbonyl (C=O) groups excluding carboxylic acids is 2. The third-order valence-corrected chi connectivity index (χ3v) is 9.63. The van der Waals surface area contributed by atoms with E-state index in [2.05, 4.69) is 20.9 Å². The predicted molar refractivity (Wildman–Crippen MR) is 180 cm³/mol. The van der Waals surface area contributed by atoms with Gasteiger partial charge in [0.05, 0.1) is 27.5 Å². The number of para-hydroxylation sites is 1. The van der Waals surface area contributed by atoms with Gasteiger partial charge in [0.2, 0.25) is 0 Å². The van der Waals surface area contributed by atoms with Gasteiger partial charge < -0.3 is 15.7 Å². The first-order valence-corrected chi connectivity index (χ1v) is 18.2. The van der Waals surface area contributed by atoms with Crippen molar-refractivity contribution in [2.24, 2.45) is 10.2 Å². The maximum absolute atomic E-state index is 12.9. The fourth-order valence-corrected chi connectivity index (χ4v) is 6.72. The molecule has 51 heavy (non-hydrogen) atoms. The minimum Gasteiger partial charge on any atom is -0.478 e. The molecule has 5 aromatic rings. The standard InChI is InChI=1S/C31H22N4O13S3/c36-29(32-19-4-2-1-3-5-19)17-6-8-18(9-7-17)30(37)33-26-11-10-20(12-25(26)31(38)39)34-35-21-13-23-24(27(14-21)50(43,44)45)15-22(49(40,41)42)16-28(23)51(46,47)48/h1-16H,(H,32,36)(H,33,37)(H,38,39)(H,40,41,42)(H,43,44,45)(H,46,47,48). The third kappa shape index (κ3) is 8.46. The van der Waals surface area contributed by atoms with Crippen LogP contribution in [0.3, 0.4) is 0 Å². The molecule has 0 atom stereocenters. The molecular formula is C31H22N4O13S3. The van der Waals surface area contributed by atoms with Gasteiger partial charge in [-0.05, 0) is 78.9 Å². The first kappa shape index (κ1) is 36.4. The van der Waals surface area contributed by atoms with Crippen LogP contribution in [0.1, 0.15) is 31.1 Å². The van der Waals surface area contributed by atoms with Crippen molar-refractivity contribution in [3.8, 4) is 0 Å². The van der Waals surface area contributed by atoms with Gasteiger partial charge in [0, 0.05) is 27.6 Å². The van der Waals surface area contributed by atoms with Crippen LogP contribution >= 0.6 is 0 Å². The Morgan fingerprint density at radius 1 is 0.549 bits per heavy atom. The number of amides is 2. The van der Waals surface area contributed by atoms with Crippen LogP contribution in [0.5, 0.6) is 0 Å². The highest BCUT2D eigenvalue weighted by molar-refractivity contribution is 7.87. The van der Waals surface area contributed by atoms with Crippen LogP contribution in [-0.4, -0.2) is 61.8 Å². The minimum absolute atomic E-state index is 0.0882. The van der Waals surface area contributed by atoms with Gasteiger partial charge in [0.15, 0.2) is 0 Å². The normalized spacial score (nSPS) is 12.1. The van der Waals surface area contributed by atoms with Crippen molar-refractivity contribution in [2.45, 2.75) is 14.7 Å². The molecule has 0 heterocycles. The molecule has 0 aliphatic rings. The number of fused-ring (bicyclic) bond motifs is 1. The van der Waals surface area contributed by atoms with Crippen LogP contribution < -0.4 is 10.6 Å². The Hall–Kier alpha value is -5.90. The molecule has 0 aromatic heterocycles. The Morgan fingerprint density at radius 2 is 1.08 bits per heavy atom. The summed E-state index contributed by atoms with van der Waals surface area (Å²) in [6.45, 7) is 0. The summed E-state index contributed by atoms with van der Waals surface area (Å²) in [4.78, 5) is 34.2. The molecular weight excluding hydrogens is 733 g/mol. The lowest BCUT2D eigenvalue weighted by molar-refractivity contribution is 0.0697. The van der Waals surface area contributed by atoms with E-state index in [0.717, 1.165) is 12.1 Å². The number of hydrogen-bond donors (Lipinski definition) is 6. The highest BCUT2D eigenvalue weighted by atomic mass is 32.2. The molecule has 5 aromatic carbocycles. The van der Waals surface area contributed by atoms with Gasteiger partial charge in [-0.2, -0.15) is 35.5 Å². The average molecular weight is 755 g/mol. The highest BCUT2D eigenvalue weighted by Crippen LogP contribution is 2.36. The fraction of sp³-hybridized carbons (Fsp3) is 0. The van der Waals surface area contributed by atoms with Gasteiger partial charge >= 0.3 is 5.97 Å². The summed E-state index contributed by atoms with van der Waals surface area (Å²) in [7, 11) is -15.6. The summed E-state index contributed by atoms with van der Waals surface area (Å²) < 4.78 is 101. The van der Waals surface area contributed by atoms with Gasteiger partial charge in [-0.15, -0.1) is 0 Å². The number of carboxylic acid groups (broad SMARTS) is 1. The number of nitrogens with one attached hydrogen (secondary N) is 2. The number of nitrogens with zero attached hydrogens (tertiary/aromatic N) is 2. The average Bonchev–Trinajstić information content (AvgIpc) is 3.06. The zero-order valence-electron chi connectivity index (χ0n) is 25.3. The highest BCUT2D eigenvalue weighted by Gasteiger charge is 2.26. The van der Waals surface area contributed by atoms with Gasteiger partial charge in [-0.1, -0.05) is 18.2 Å². The molecule has 0 bridgehead atoms. The maximum Gasteiger partial charge on any atom is 0.337 e. The summed E-state index contributed by atoms with van der Waals surface area (Å²) in [6, 6.07) is 20.0. The van der Waals surface area contributed by atoms with E-state index < -0.39 is 84.8 Å². The SMILES string of the molecule is O=C(Nc1ccccc1)c1ccc(C(=O)Nc2ccc(N=Nc3cc(S(=O)(=O)O)c4cc(S(=O)(=O)O)cc(S(=O)(=O)O)c4c3)cc2C(=O)O)cc1. The zero-order chi connectivity index (χ0) is 37.3. The largest absolute Gasteiger partial charge is 0.478 e. The van der Waals surface area contributed by atoms with Crippen LogP contribution in [0.2, 0.25) is 0 Å². The van der Waals surface area contributed by atoms with Crippen LogP contribution in [0.15, 0.2) is 122 Å². The summed E-state index contributed by atoms with van der Waals surface area (Å²) in [6.07, 6.45) is 0. The van der Waals surface area contributed by atoms with Crippen molar-refractivity contribution in [3.63, 3.8) is 0 Å². The van der Waals surface area contributed by atoms with Crippen molar-refractivity contribution >= 4 is 81.7 Å². The second-order valence-corrected chi connectivity index (χ2v) is 14.7. The van der Waals surface area contributed by atoms with Crippen LogP contribution in [0.4, 0.5) is 22.7 Å². The molecule has 0 saturated carbocycles. The first-order chi connectivity index (χ1) is 23.8. The Morgan fingerprint density at radius 3 is 1.63 bits per heavy atom. The number of carboxylic acids is 1. The lowest BCUT2D eigenvalue weighted by Crippen LogP contribution is -2.16. The zero-order valence-corrected chi connectivity index (χ0v) is 27.8. The number of rotatable bonds is 10. The topological polar surface area (TPSA) is 283 Å². The van der Waals surface area contributed by atoms with Crippen molar-refractivity contribution in [1.29, 1.82) is 0 Å². The number of aromatic carboxylic acids is 1. The van der Waals surface area contributed by atoms with Crippen molar-refractivity contribution in [2.75, 3.05) is 10.6 Å². The first-order valence-electron chi connectivity index (χ1n) is 13.9. The molecule has 0 unspecified atom stereocenters. The lowest BCUT2D eigenvalue weighted by atomic mass is 10.1. The third-order valence-electron chi connectivity index (χ3n) is 7.01. The van der Waals surface area contributed by atoms with E-state index >= 15 is 0 Å². The van der Waals surface area contributed by atoms with Crippen LogP contribution in [0, 0.1) is 0 Å². The minimum atomic E-state index is -5.27. The van der Waals surface area contributed by atoms with Gasteiger partial charge in [0.1, 0.15) is 9.79 Å². The number of anilines is 2. The molecule has 262 valence electrons. The summed E-state index contributed by atoms with van der Waals surface area (Å²) in [5, 5.41) is 21.2.